The fourth-order valence-electron chi connectivity index (χ4n) is 0.949. The lowest BCUT2D eigenvalue weighted by Crippen LogP contribution is -2.33. The zero-order chi connectivity index (χ0) is 8.97. The third kappa shape index (κ3) is 2.27. The van der Waals surface area contributed by atoms with Gasteiger partial charge in [-0.05, 0) is 5.56 Å². The minimum absolute atomic E-state index is 0.346. The van der Waals surface area contributed by atoms with E-state index < -0.39 is 0 Å². The Kier molecular flexibility index (Phi) is 2.69. The fourth-order valence-corrected chi connectivity index (χ4v) is 0.949. The highest BCUT2D eigenvalue weighted by Gasteiger charge is 1.97. The van der Waals surface area contributed by atoms with E-state index in [4.69, 9.17) is 11.5 Å². The van der Waals surface area contributed by atoms with Gasteiger partial charge in [0.05, 0.1) is 13.6 Å². The van der Waals surface area contributed by atoms with Crippen LogP contribution in [-0.2, 0) is 6.54 Å². The number of hydrogen-bond donors (Lipinski definition) is 2. The van der Waals surface area contributed by atoms with Crippen molar-refractivity contribution in [1.29, 1.82) is 0 Å². The molecule has 3 heteroatoms. The van der Waals surface area contributed by atoms with Crippen molar-refractivity contribution in [1.82, 2.24) is 0 Å². The molecule has 12 heavy (non-hydrogen) atoms. The molecule has 0 aromatic heterocycles. The molecular formula is C9H14N3+. The number of benzene rings is 1. The van der Waals surface area contributed by atoms with Gasteiger partial charge < -0.3 is 0 Å². The molecule has 4 N–H and O–H groups in total. The number of nitrogens with zero attached hydrogens (tertiary/aromatic N) is 1. The van der Waals surface area contributed by atoms with Gasteiger partial charge in [0, 0.05) is 0 Å². The minimum atomic E-state index is 0.346. The van der Waals surface area contributed by atoms with E-state index in [1.54, 1.807) is 4.58 Å². The van der Waals surface area contributed by atoms with Gasteiger partial charge in [-0.1, -0.05) is 30.3 Å². The Bertz CT molecular complexity index is 273. The van der Waals surface area contributed by atoms with E-state index in [9.17, 15) is 0 Å². The summed E-state index contributed by atoms with van der Waals surface area (Å²) < 4.78 is 1.80. The van der Waals surface area contributed by atoms with Gasteiger partial charge in [0.25, 0.3) is 0 Å². The Labute approximate surface area is 72.3 Å². The largest absolute Gasteiger partial charge is 0.341 e. The lowest BCUT2D eigenvalue weighted by Gasteiger charge is -2.01. The average molecular weight is 164 g/mol. The molecule has 1 aromatic carbocycles. The Hall–Kier alpha value is -1.51. The second kappa shape index (κ2) is 3.76. The van der Waals surface area contributed by atoms with Gasteiger partial charge in [0.1, 0.15) is 0 Å². The van der Waals surface area contributed by atoms with Crippen molar-refractivity contribution in [3.63, 3.8) is 0 Å². The van der Waals surface area contributed by atoms with Crippen LogP contribution in [0.1, 0.15) is 5.56 Å². The van der Waals surface area contributed by atoms with Gasteiger partial charge in [-0.15, -0.1) is 0 Å². The predicted molar refractivity (Wildman–Crippen MR) is 49.7 cm³/mol. The molecule has 0 atom stereocenters. The van der Waals surface area contributed by atoms with E-state index >= 15 is 0 Å². The van der Waals surface area contributed by atoms with E-state index in [0.717, 1.165) is 6.54 Å². The zero-order valence-electron chi connectivity index (χ0n) is 7.20. The third-order valence-corrected chi connectivity index (χ3v) is 1.70. The summed E-state index contributed by atoms with van der Waals surface area (Å²) in [5.74, 6) is 0.346. The van der Waals surface area contributed by atoms with Crippen LogP contribution >= 0.6 is 0 Å². The average Bonchev–Trinajstić information content (AvgIpc) is 2.06. The fraction of sp³-hybridized carbons (Fsp3) is 0.222. The predicted octanol–water partition coefficient (Wildman–Crippen LogP) is 0.102. The van der Waals surface area contributed by atoms with Crippen LogP contribution in [0, 0.1) is 0 Å². The third-order valence-electron chi connectivity index (χ3n) is 1.70. The van der Waals surface area contributed by atoms with E-state index in [-0.39, 0.29) is 0 Å². The second-order valence-electron chi connectivity index (χ2n) is 2.77. The van der Waals surface area contributed by atoms with Crippen LogP contribution in [0.4, 0.5) is 0 Å². The first-order valence-electron chi connectivity index (χ1n) is 3.83. The molecular weight excluding hydrogens is 150 g/mol. The van der Waals surface area contributed by atoms with E-state index in [0.29, 0.717) is 5.96 Å². The van der Waals surface area contributed by atoms with E-state index in [1.165, 1.54) is 5.56 Å². The molecule has 64 valence electrons. The van der Waals surface area contributed by atoms with Crippen LogP contribution in [0.3, 0.4) is 0 Å². The molecule has 0 aliphatic carbocycles. The number of rotatable bonds is 2. The molecule has 0 heterocycles. The summed E-state index contributed by atoms with van der Waals surface area (Å²) in [5.41, 5.74) is 12.0. The summed E-state index contributed by atoms with van der Waals surface area (Å²) in [6.45, 7) is 0.753. The maximum absolute atomic E-state index is 5.40. The Morgan fingerprint density at radius 3 is 2.33 bits per heavy atom. The van der Waals surface area contributed by atoms with Gasteiger partial charge in [-0.25, -0.2) is 0 Å². The molecule has 1 rings (SSSR count). The van der Waals surface area contributed by atoms with Crippen LogP contribution in [0.25, 0.3) is 0 Å². The molecule has 0 amide bonds. The van der Waals surface area contributed by atoms with Crippen molar-refractivity contribution in [2.75, 3.05) is 7.05 Å². The quantitative estimate of drug-likeness (QED) is 0.370. The highest BCUT2D eigenvalue weighted by atomic mass is 15.1. The molecule has 0 radical (unpaired) electrons. The lowest BCUT2D eigenvalue weighted by atomic mass is 10.2. The van der Waals surface area contributed by atoms with Crippen molar-refractivity contribution in [3.8, 4) is 0 Å². The summed E-state index contributed by atoms with van der Waals surface area (Å²) >= 11 is 0. The smallest absolute Gasteiger partial charge is 0.291 e. The SMILES string of the molecule is C[N+](Cc1ccccc1)=C(N)N. The van der Waals surface area contributed by atoms with Crippen molar-refractivity contribution < 1.29 is 4.58 Å². The summed E-state index contributed by atoms with van der Waals surface area (Å²) in [5, 5.41) is 0. The molecule has 0 spiro atoms. The monoisotopic (exact) mass is 164 g/mol. The highest BCUT2D eigenvalue weighted by Crippen LogP contribution is 1.98. The summed E-state index contributed by atoms with van der Waals surface area (Å²) in [7, 11) is 1.86. The van der Waals surface area contributed by atoms with Crippen molar-refractivity contribution >= 4 is 5.96 Å². The molecule has 1 aromatic rings. The zero-order valence-corrected chi connectivity index (χ0v) is 7.20. The molecule has 0 aliphatic heterocycles. The summed E-state index contributed by atoms with van der Waals surface area (Å²) in [6, 6.07) is 10.1. The number of guanidine groups is 1. The van der Waals surface area contributed by atoms with E-state index in [2.05, 4.69) is 0 Å². The van der Waals surface area contributed by atoms with Gasteiger partial charge in [-0.2, -0.15) is 0 Å². The molecule has 0 unspecified atom stereocenters. The van der Waals surface area contributed by atoms with Gasteiger partial charge in [-0.3, -0.25) is 16.0 Å². The number of nitrogens with two attached hydrogens (primary N) is 2. The van der Waals surface area contributed by atoms with Gasteiger partial charge in [0.15, 0.2) is 0 Å². The van der Waals surface area contributed by atoms with Crippen LogP contribution in [0.2, 0.25) is 0 Å². The molecule has 0 saturated heterocycles. The Morgan fingerprint density at radius 1 is 1.25 bits per heavy atom. The maximum atomic E-state index is 5.40. The maximum Gasteiger partial charge on any atom is 0.341 e. The van der Waals surface area contributed by atoms with Crippen LogP contribution < -0.4 is 11.5 Å². The minimum Gasteiger partial charge on any atom is -0.291 e. The van der Waals surface area contributed by atoms with E-state index in [1.807, 2.05) is 37.4 Å². The van der Waals surface area contributed by atoms with Gasteiger partial charge in [0.2, 0.25) is 0 Å². The molecule has 0 fully saturated rings. The Balaban J connectivity index is 2.72. The topological polar surface area (TPSA) is 55.0 Å². The van der Waals surface area contributed by atoms with Crippen molar-refractivity contribution in [2.45, 2.75) is 6.54 Å². The van der Waals surface area contributed by atoms with Crippen LogP contribution in [0.5, 0.6) is 0 Å². The molecule has 3 nitrogen and oxygen atoms in total. The lowest BCUT2D eigenvalue weighted by molar-refractivity contribution is -0.515. The first-order chi connectivity index (χ1) is 5.70. The van der Waals surface area contributed by atoms with Crippen LogP contribution in [-0.4, -0.2) is 17.6 Å². The standard InChI is InChI=1S/C9H13N3/c1-12(9(10)11)7-8-5-3-2-4-6-8/h2-6H,7H2,1H3,(H3,10,11)/p+1. The first-order valence-corrected chi connectivity index (χ1v) is 3.83. The molecule has 0 bridgehead atoms. The highest BCUT2D eigenvalue weighted by molar-refractivity contribution is 5.70. The van der Waals surface area contributed by atoms with Crippen molar-refractivity contribution in [2.24, 2.45) is 11.5 Å². The summed E-state index contributed by atoms with van der Waals surface area (Å²) in [6.07, 6.45) is 0. The second-order valence-corrected chi connectivity index (χ2v) is 2.77. The normalized spacial score (nSPS) is 9.42. The number of hydrogen-bond acceptors (Lipinski definition) is 0. The van der Waals surface area contributed by atoms with Crippen molar-refractivity contribution in [3.05, 3.63) is 35.9 Å². The molecule has 0 saturated carbocycles. The molecule has 0 aliphatic rings. The summed E-state index contributed by atoms with van der Waals surface area (Å²) in [4.78, 5) is 0. The Morgan fingerprint density at radius 2 is 1.83 bits per heavy atom. The van der Waals surface area contributed by atoms with Gasteiger partial charge >= 0.3 is 5.96 Å². The first kappa shape index (κ1) is 8.59. The van der Waals surface area contributed by atoms with Crippen LogP contribution in [0.15, 0.2) is 30.3 Å².